The molecule has 10 rings (SSSR count). The van der Waals surface area contributed by atoms with Crippen LogP contribution >= 0.6 is 23.2 Å². The van der Waals surface area contributed by atoms with Crippen LogP contribution in [-0.2, 0) is 13.1 Å². The Hall–Kier alpha value is -7.20. The van der Waals surface area contributed by atoms with Crippen LogP contribution in [0.25, 0.3) is 66.6 Å². The van der Waals surface area contributed by atoms with Crippen LogP contribution in [-0.4, -0.2) is 56.9 Å². The van der Waals surface area contributed by atoms with Gasteiger partial charge in [0.05, 0.1) is 41.7 Å². The fourth-order valence-electron chi connectivity index (χ4n) is 6.46. The molecular formula is C43H32Cl2F2N12O. The number of hydrogen-bond donors (Lipinski definition) is 4. The molecule has 0 radical (unpaired) electrons. The highest BCUT2D eigenvalue weighted by atomic mass is 35.5. The molecule has 0 bridgehead atoms. The third-order valence-corrected chi connectivity index (χ3v) is 9.84. The number of hydrogen-bond acceptors (Lipinski definition) is 11. The Kier molecular flexibility index (Phi) is 11.7. The van der Waals surface area contributed by atoms with Crippen molar-refractivity contribution in [2.45, 2.75) is 13.1 Å². The Morgan fingerprint density at radius 1 is 0.650 bits per heavy atom. The number of benzene rings is 4. The molecule has 17 heteroatoms. The van der Waals surface area contributed by atoms with Crippen molar-refractivity contribution in [2.75, 3.05) is 12.4 Å². The zero-order chi connectivity index (χ0) is 41.6. The monoisotopic (exact) mass is 840 g/mol. The van der Waals surface area contributed by atoms with E-state index in [1.807, 2.05) is 54.6 Å². The quantitative estimate of drug-likeness (QED) is 0.112. The van der Waals surface area contributed by atoms with Crippen molar-refractivity contribution in [1.29, 1.82) is 0 Å². The summed E-state index contributed by atoms with van der Waals surface area (Å²) in [5, 5.41) is 6.16. The Bertz CT molecular complexity index is 3130. The number of nitrogens with zero attached hydrogens (tertiary/aromatic N) is 8. The van der Waals surface area contributed by atoms with Crippen LogP contribution in [0.2, 0.25) is 10.2 Å². The molecule has 0 saturated carbocycles. The summed E-state index contributed by atoms with van der Waals surface area (Å²) in [5.74, 6) is 0.683. The molecule has 0 aliphatic carbocycles. The first-order valence-electron chi connectivity index (χ1n) is 18.2. The molecule has 4 aromatic carbocycles. The highest BCUT2D eigenvalue weighted by Crippen LogP contribution is 2.32. The van der Waals surface area contributed by atoms with E-state index in [-0.39, 0.29) is 11.6 Å². The number of aromatic nitrogens is 10. The third kappa shape index (κ3) is 8.49. The standard InChI is InChI=1S/C22H17FN6O.C16H12ClFN2.C5H3ClN4/c1-30-17-7-3-5-13-8-15(10-24-21-20-22(26-11-25-20)28-12-27-21)18(29-19(13)17)14-4-2-6-16(23)9-14;17-14-6-2-4-10-7-12(9-19)15(20-16(10)14)11-3-1-5-13(18)8-11;6-4-3-5(9-1-7-3)10-2-8-4/h2-9,11-12H,10H2,1H3,(H2,24,25,26,27,28);1-8H,9,19H2;1-2H,(H,7,8,9,10). The van der Waals surface area contributed by atoms with Gasteiger partial charge in [-0.05, 0) is 59.7 Å². The summed E-state index contributed by atoms with van der Waals surface area (Å²) < 4.78 is 32.8. The summed E-state index contributed by atoms with van der Waals surface area (Å²) in [4.78, 5) is 39.4. The Labute approximate surface area is 350 Å². The molecule has 0 saturated heterocycles. The molecule has 0 fully saturated rings. The number of nitrogens with two attached hydrogens (primary N) is 1. The molecule has 0 aliphatic heterocycles. The lowest BCUT2D eigenvalue weighted by Gasteiger charge is -2.14. The van der Waals surface area contributed by atoms with Crippen molar-refractivity contribution in [1.82, 2.24) is 49.8 Å². The molecular weight excluding hydrogens is 809 g/mol. The summed E-state index contributed by atoms with van der Waals surface area (Å²) in [7, 11) is 1.61. The van der Waals surface area contributed by atoms with Crippen molar-refractivity contribution in [3.8, 4) is 28.3 Å². The summed E-state index contributed by atoms with van der Waals surface area (Å²) in [5.41, 5.74) is 14.3. The zero-order valence-electron chi connectivity index (χ0n) is 31.5. The number of methoxy groups -OCH3 is 1. The average Bonchev–Trinajstić information content (AvgIpc) is 3.97. The molecule has 0 aliphatic rings. The summed E-state index contributed by atoms with van der Waals surface area (Å²) in [6, 6.07) is 28.1. The molecule has 0 amide bonds. The van der Waals surface area contributed by atoms with Gasteiger partial charge < -0.3 is 25.8 Å². The second-order valence-corrected chi connectivity index (χ2v) is 13.8. The van der Waals surface area contributed by atoms with Crippen LogP contribution in [0, 0.1) is 11.6 Å². The van der Waals surface area contributed by atoms with Crippen molar-refractivity contribution < 1.29 is 13.5 Å². The number of ether oxygens (including phenoxy) is 1. The Morgan fingerprint density at radius 2 is 1.23 bits per heavy atom. The highest BCUT2D eigenvalue weighted by Gasteiger charge is 2.15. The lowest BCUT2D eigenvalue weighted by molar-refractivity contribution is 0.419. The molecule has 0 unspecified atom stereocenters. The maximum absolute atomic E-state index is 13.9. The summed E-state index contributed by atoms with van der Waals surface area (Å²) in [6.45, 7) is 0.762. The van der Waals surface area contributed by atoms with Gasteiger partial charge in [0.25, 0.3) is 0 Å². The van der Waals surface area contributed by atoms with Gasteiger partial charge in [-0.15, -0.1) is 0 Å². The van der Waals surface area contributed by atoms with Crippen LogP contribution in [0.1, 0.15) is 11.1 Å². The lowest BCUT2D eigenvalue weighted by atomic mass is 10.0. The zero-order valence-corrected chi connectivity index (χ0v) is 33.0. The molecule has 10 aromatic rings. The van der Waals surface area contributed by atoms with E-state index in [0.29, 0.717) is 79.7 Å². The largest absolute Gasteiger partial charge is 0.494 e. The number of aromatic amines is 2. The number of para-hydroxylation sites is 2. The number of pyridine rings is 2. The summed E-state index contributed by atoms with van der Waals surface area (Å²) in [6.07, 6.45) is 5.95. The normalized spacial score (nSPS) is 11.0. The van der Waals surface area contributed by atoms with Crippen LogP contribution in [0.3, 0.4) is 0 Å². The second kappa shape index (κ2) is 17.7. The Morgan fingerprint density at radius 3 is 1.90 bits per heavy atom. The van der Waals surface area contributed by atoms with Crippen LogP contribution in [0.4, 0.5) is 14.6 Å². The topological polar surface area (TPSA) is 182 Å². The number of H-pyrrole nitrogens is 2. The first kappa shape index (κ1) is 39.6. The number of nitrogens with one attached hydrogen (secondary N) is 3. The van der Waals surface area contributed by atoms with Crippen molar-refractivity contribution in [2.24, 2.45) is 5.73 Å². The number of anilines is 1. The average molecular weight is 842 g/mol. The van der Waals surface area contributed by atoms with Gasteiger partial charge in [-0.3, -0.25) is 0 Å². The van der Waals surface area contributed by atoms with Gasteiger partial charge in [-0.1, -0.05) is 71.7 Å². The minimum atomic E-state index is -0.316. The molecule has 13 nitrogen and oxygen atoms in total. The Balaban J connectivity index is 0.000000142. The maximum Gasteiger partial charge on any atom is 0.182 e. The van der Waals surface area contributed by atoms with E-state index in [2.05, 4.69) is 50.2 Å². The van der Waals surface area contributed by atoms with E-state index >= 15 is 0 Å². The molecule has 6 aromatic heterocycles. The van der Waals surface area contributed by atoms with Crippen molar-refractivity contribution >= 4 is 73.2 Å². The van der Waals surface area contributed by atoms with E-state index in [1.54, 1.807) is 31.6 Å². The van der Waals surface area contributed by atoms with Gasteiger partial charge in [-0.25, -0.2) is 48.7 Å². The summed E-state index contributed by atoms with van der Waals surface area (Å²) >= 11 is 11.9. The van der Waals surface area contributed by atoms with Crippen LogP contribution in [0.5, 0.6) is 5.75 Å². The first-order chi connectivity index (χ1) is 29.3. The van der Waals surface area contributed by atoms with Gasteiger partial charge in [0.15, 0.2) is 22.3 Å². The van der Waals surface area contributed by atoms with Gasteiger partial charge in [-0.2, -0.15) is 0 Å². The molecule has 0 atom stereocenters. The molecule has 5 N–H and O–H groups in total. The predicted octanol–water partition coefficient (Wildman–Crippen LogP) is 9.49. The van der Waals surface area contributed by atoms with Gasteiger partial charge in [0, 0.05) is 35.0 Å². The van der Waals surface area contributed by atoms with E-state index in [0.717, 1.165) is 32.9 Å². The lowest BCUT2D eigenvalue weighted by Crippen LogP contribution is -2.06. The van der Waals surface area contributed by atoms with E-state index in [9.17, 15) is 8.78 Å². The van der Waals surface area contributed by atoms with Gasteiger partial charge >= 0.3 is 0 Å². The number of imidazole rings is 2. The van der Waals surface area contributed by atoms with E-state index in [4.69, 9.17) is 38.7 Å². The van der Waals surface area contributed by atoms with Crippen molar-refractivity contribution in [3.63, 3.8) is 0 Å². The SMILES string of the molecule is COc1cccc2cc(CNc3ncnc4nc[nH]c34)c(-c3cccc(F)c3)nc12.Clc1ncnc2nc[nH]c12.NCc1cc2cccc(Cl)c2nc1-c1cccc(F)c1. The van der Waals surface area contributed by atoms with E-state index < -0.39 is 0 Å². The second-order valence-electron chi connectivity index (χ2n) is 13.0. The van der Waals surface area contributed by atoms with Crippen molar-refractivity contribution in [3.05, 3.63) is 155 Å². The minimum absolute atomic E-state index is 0.300. The fraction of sp³-hybridized carbons (Fsp3) is 0.0698. The van der Waals surface area contributed by atoms with Crippen LogP contribution in [0.15, 0.2) is 122 Å². The third-order valence-electron chi connectivity index (χ3n) is 9.25. The number of fused-ring (bicyclic) bond motifs is 4. The first-order valence-corrected chi connectivity index (χ1v) is 19.0. The predicted molar refractivity (Wildman–Crippen MR) is 229 cm³/mol. The molecule has 0 spiro atoms. The number of halogens is 4. The van der Waals surface area contributed by atoms with Crippen LogP contribution < -0.4 is 15.8 Å². The molecule has 6 heterocycles. The molecule has 298 valence electrons. The maximum atomic E-state index is 13.9. The van der Waals surface area contributed by atoms with Gasteiger partial charge in [0.2, 0.25) is 0 Å². The highest BCUT2D eigenvalue weighted by molar-refractivity contribution is 6.35. The van der Waals surface area contributed by atoms with E-state index in [1.165, 1.54) is 43.2 Å². The fourth-order valence-corrected chi connectivity index (χ4v) is 6.87. The van der Waals surface area contributed by atoms with Gasteiger partial charge in [0.1, 0.15) is 46.6 Å². The number of rotatable bonds is 7. The minimum Gasteiger partial charge on any atom is -0.494 e. The smallest absolute Gasteiger partial charge is 0.182 e. The molecule has 60 heavy (non-hydrogen) atoms.